The van der Waals surface area contributed by atoms with E-state index in [4.69, 9.17) is 4.74 Å². The maximum absolute atomic E-state index is 9.30. The SMILES string of the molecule is Cc1ccc(CCNCC2(CO)COC2)cc1C. The number of aliphatic hydroxyl groups excluding tert-OH is 1. The molecule has 100 valence electrons. The summed E-state index contributed by atoms with van der Waals surface area (Å²) in [5, 5.41) is 12.7. The molecule has 0 aromatic heterocycles. The highest BCUT2D eigenvalue weighted by Crippen LogP contribution is 2.25. The van der Waals surface area contributed by atoms with Crippen molar-refractivity contribution in [3.8, 4) is 0 Å². The van der Waals surface area contributed by atoms with Crippen LogP contribution in [0, 0.1) is 19.3 Å². The number of ether oxygens (including phenoxy) is 1. The second-order valence-corrected chi connectivity index (χ2v) is 5.50. The molecule has 3 nitrogen and oxygen atoms in total. The normalized spacial score (nSPS) is 17.5. The molecule has 0 radical (unpaired) electrons. The Morgan fingerprint density at radius 2 is 2.06 bits per heavy atom. The monoisotopic (exact) mass is 249 g/mol. The summed E-state index contributed by atoms with van der Waals surface area (Å²) in [5.74, 6) is 0. The molecule has 1 aliphatic rings. The average Bonchev–Trinajstić information content (AvgIpc) is 2.32. The molecule has 2 rings (SSSR count). The molecule has 0 bridgehead atoms. The Morgan fingerprint density at radius 1 is 1.28 bits per heavy atom. The number of hydrogen-bond acceptors (Lipinski definition) is 3. The molecule has 1 aromatic rings. The molecule has 1 aliphatic heterocycles. The van der Waals surface area contributed by atoms with Gasteiger partial charge in [-0.15, -0.1) is 0 Å². The molecule has 1 heterocycles. The first-order valence-electron chi connectivity index (χ1n) is 6.61. The van der Waals surface area contributed by atoms with Crippen molar-refractivity contribution in [1.29, 1.82) is 0 Å². The first kappa shape index (κ1) is 13.5. The topological polar surface area (TPSA) is 41.5 Å². The maximum atomic E-state index is 9.30. The van der Waals surface area contributed by atoms with Gasteiger partial charge in [0.05, 0.1) is 25.2 Å². The van der Waals surface area contributed by atoms with Crippen LogP contribution in [-0.4, -0.2) is 38.0 Å². The first-order valence-corrected chi connectivity index (χ1v) is 6.61. The minimum Gasteiger partial charge on any atom is -0.396 e. The summed E-state index contributed by atoms with van der Waals surface area (Å²) >= 11 is 0. The first-order chi connectivity index (χ1) is 8.65. The van der Waals surface area contributed by atoms with Gasteiger partial charge in [-0.2, -0.15) is 0 Å². The van der Waals surface area contributed by atoms with E-state index in [2.05, 4.69) is 37.4 Å². The van der Waals surface area contributed by atoms with Crippen LogP contribution < -0.4 is 5.32 Å². The molecule has 18 heavy (non-hydrogen) atoms. The van der Waals surface area contributed by atoms with Crippen molar-refractivity contribution in [2.45, 2.75) is 20.3 Å². The van der Waals surface area contributed by atoms with Gasteiger partial charge in [-0.1, -0.05) is 18.2 Å². The molecular formula is C15H23NO2. The van der Waals surface area contributed by atoms with Gasteiger partial charge in [-0.25, -0.2) is 0 Å². The van der Waals surface area contributed by atoms with Gasteiger partial charge in [-0.3, -0.25) is 0 Å². The number of benzene rings is 1. The Labute approximate surface area is 109 Å². The molecular weight excluding hydrogens is 226 g/mol. The van der Waals surface area contributed by atoms with Gasteiger partial charge in [0.15, 0.2) is 0 Å². The molecule has 1 aromatic carbocycles. The zero-order chi connectivity index (χ0) is 13.0. The van der Waals surface area contributed by atoms with Crippen LogP contribution in [0.15, 0.2) is 18.2 Å². The lowest BCUT2D eigenvalue weighted by Crippen LogP contribution is -2.52. The number of nitrogens with one attached hydrogen (secondary N) is 1. The van der Waals surface area contributed by atoms with Crippen LogP contribution >= 0.6 is 0 Å². The van der Waals surface area contributed by atoms with Gasteiger partial charge in [0.25, 0.3) is 0 Å². The lowest BCUT2D eigenvalue weighted by molar-refractivity contribution is -0.134. The van der Waals surface area contributed by atoms with E-state index in [-0.39, 0.29) is 12.0 Å². The highest BCUT2D eigenvalue weighted by Gasteiger charge is 2.37. The highest BCUT2D eigenvalue weighted by molar-refractivity contribution is 5.30. The lowest BCUT2D eigenvalue weighted by atomic mass is 9.87. The summed E-state index contributed by atoms with van der Waals surface area (Å²) in [6, 6.07) is 6.63. The van der Waals surface area contributed by atoms with Crippen molar-refractivity contribution in [2.24, 2.45) is 5.41 Å². The third-order valence-corrected chi connectivity index (χ3v) is 3.81. The van der Waals surface area contributed by atoms with E-state index in [9.17, 15) is 5.11 Å². The van der Waals surface area contributed by atoms with E-state index < -0.39 is 0 Å². The van der Waals surface area contributed by atoms with Crippen LogP contribution in [0.2, 0.25) is 0 Å². The molecule has 0 atom stereocenters. The minimum atomic E-state index is -0.0246. The van der Waals surface area contributed by atoms with E-state index in [1.165, 1.54) is 16.7 Å². The fourth-order valence-electron chi connectivity index (χ4n) is 2.19. The van der Waals surface area contributed by atoms with E-state index in [1.807, 2.05) is 0 Å². The molecule has 1 saturated heterocycles. The average molecular weight is 249 g/mol. The largest absolute Gasteiger partial charge is 0.396 e. The summed E-state index contributed by atoms with van der Waals surface area (Å²) in [4.78, 5) is 0. The zero-order valence-electron chi connectivity index (χ0n) is 11.3. The van der Waals surface area contributed by atoms with Gasteiger partial charge in [-0.05, 0) is 43.5 Å². The summed E-state index contributed by atoms with van der Waals surface area (Å²) in [5.41, 5.74) is 4.04. The molecule has 1 fully saturated rings. The van der Waals surface area contributed by atoms with Crippen molar-refractivity contribution in [2.75, 3.05) is 32.9 Å². The predicted molar refractivity (Wildman–Crippen MR) is 72.8 cm³/mol. The molecule has 2 N–H and O–H groups in total. The fraction of sp³-hybridized carbons (Fsp3) is 0.600. The van der Waals surface area contributed by atoms with E-state index >= 15 is 0 Å². The number of aryl methyl sites for hydroxylation is 2. The molecule has 0 aliphatic carbocycles. The quantitative estimate of drug-likeness (QED) is 0.750. The fourth-order valence-corrected chi connectivity index (χ4v) is 2.19. The Morgan fingerprint density at radius 3 is 2.61 bits per heavy atom. The number of hydrogen-bond donors (Lipinski definition) is 2. The standard InChI is InChI=1S/C15H23NO2/c1-12-3-4-14(7-13(12)2)5-6-16-8-15(9-17)10-18-11-15/h3-4,7,16-17H,5-6,8-11H2,1-2H3. The zero-order valence-corrected chi connectivity index (χ0v) is 11.3. The Kier molecular flexibility index (Phi) is 4.38. The number of aliphatic hydroxyl groups is 1. The second-order valence-electron chi connectivity index (χ2n) is 5.50. The van der Waals surface area contributed by atoms with Crippen molar-refractivity contribution >= 4 is 0 Å². The molecule has 3 heteroatoms. The Hall–Kier alpha value is -0.900. The highest BCUT2D eigenvalue weighted by atomic mass is 16.5. The predicted octanol–water partition coefficient (Wildman–Crippen LogP) is 1.44. The molecule has 0 saturated carbocycles. The van der Waals surface area contributed by atoms with Crippen LogP contribution in [-0.2, 0) is 11.2 Å². The van der Waals surface area contributed by atoms with Gasteiger partial charge in [0.2, 0.25) is 0 Å². The molecule has 0 amide bonds. The lowest BCUT2D eigenvalue weighted by Gasteiger charge is -2.40. The summed E-state index contributed by atoms with van der Waals surface area (Å²) in [7, 11) is 0. The maximum Gasteiger partial charge on any atom is 0.0579 e. The van der Waals surface area contributed by atoms with E-state index in [1.54, 1.807) is 0 Å². The van der Waals surface area contributed by atoms with Crippen LogP contribution in [0.4, 0.5) is 0 Å². The van der Waals surface area contributed by atoms with Gasteiger partial charge >= 0.3 is 0 Å². The molecule has 0 spiro atoms. The van der Waals surface area contributed by atoms with E-state index in [0.29, 0.717) is 13.2 Å². The van der Waals surface area contributed by atoms with Gasteiger partial charge in [0, 0.05) is 6.54 Å². The smallest absolute Gasteiger partial charge is 0.0579 e. The third kappa shape index (κ3) is 3.10. The van der Waals surface area contributed by atoms with Crippen molar-refractivity contribution in [1.82, 2.24) is 5.32 Å². The van der Waals surface area contributed by atoms with Crippen molar-refractivity contribution in [3.63, 3.8) is 0 Å². The number of rotatable bonds is 6. The van der Waals surface area contributed by atoms with Crippen LogP contribution in [0.5, 0.6) is 0 Å². The second kappa shape index (κ2) is 5.83. The van der Waals surface area contributed by atoms with Crippen LogP contribution in [0.25, 0.3) is 0 Å². The van der Waals surface area contributed by atoms with Crippen molar-refractivity contribution < 1.29 is 9.84 Å². The Balaban J connectivity index is 1.73. The molecule has 0 unspecified atom stereocenters. The van der Waals surface area contributed by atoms with Crippen molar-refractivity contribution in [3.05, 3.63) is 34.9 Å². The van der Waals surface area contributed by atoms with Gasteiger partial charge in [0.1, 0.15) is 0 Å². The summed E-state index contributed by atoms with van der Waals surface area (Å²) < 4.78 is 5.17. The van der Waals surface area contributed by atoms with Gasteiger partial charge < -0.3 is 15.2 Å². The van der Waals surface area contributed by atoms with E-state index in [0.717, 1.165) is 19.5 Å². The minimum absolute atomic E-state index is 0.0246. The van der Waals surface area contributed by atoms with Crippen LogP contribution in [0.1, 0.15) is 16.7 Å². The Bertz CT molecular complexity index is 394. The third-order valence-electron chi connectivity index (χ3n) is 3.81. The van der Waals surface area contributed by atoms with Crippen LogP contribution in [0.3, 0.4) is 0 Å². The summed E-state index contributed by atoms with van der Waals surface area (Å²) in [6.45, 7) is 7.65. The summed E-state index contributed by atoms with van der Waals surface area (Å²) in [6.07, 6.45) is 1.03.